The normalized spacial score (nSPS) is 15.9. The van der Waals surface area contributed by atoms with Crippen molar-refractivity contribution in [3.63, 3.8) is 0 Å². The number of likely N-dealkylation sites (tertiary alicyclic amines) is 1. The third kappa shape index (κ3) is 5.56. The standard InChI is InChI=1S/C21H27N3O3S/c1-24-14-11-17(12-15-24)10-13-22-21(25)18-6-5-7-19(16-18)23-28(26,27)20-8-3-2-4-9-20/h2-9,16-17,23H,10-15H2,1H3,(H,22,25). The van der Waals surface area contributed by atoms with Gasteiger partial charge in [-0.15, -0.1) is 0 Å². The molecule has 1 amide bonds. The number of anilines is 1. The van der Waals surface area contributed by atoms with Gasteiger partial charge in [-0.05, 0) is 75.6 Å². The van der Waals surface area contributed by atoms with Gasteiger partial charge >= 0.3 is 0 Å². The van der Waals surface area contributed by atoms with E-state index in [-0.39, 0.29) is 10.8 Å². The van der Waals surface area contributed by atoms with Crippen LogP contribution in [0.2, 0.25) is 0 Å². The van der Waals surface area contributed by atoms with Crippen molar-refractivity contribution in [1.82, 2.24) is 10.2 Å². The zero-order valence-electron chi connectivity index (χ0n) is 16.1. The summed E-state index contributed by atoms with van der Waals surface area (Å²) in [6.45, 7) is 2.86. The number of piperidine rings is 1. The van der Waals surface area contributed by atoms with Gasteiger partial charge in [-0.2, -0.15) is 0 Å². The third-order valence-corrected chi connectivity index (χ3v) is 6.50. The highest BCUT2D eigenvalue weighted by Gasteiger charge is 2.17. The van der Waals surface area contributed by atoms with E-state index in [1.54, 1.807) is 42.5 Å². The first-order chi connectivity index (χ1) is 13.4. The molecule has 0 unspecified atom stereocenters. The Morgan fingerprint density at radius 3 is 2.50 bits per heavy atom. The molecule has 0 spiro atoms. The zero-order chi connectivity index (χ0) is 20.0. The summed E-state index contributed by atoms with van der Waals surface area (Å²) < 4.78 is 27.4. The average Bonchev–Trinajstić information content (AvgIpc) is 2.70. The second-order valence-electron chi connectivity index (χ2n) is 7.29. The molecule has 2 N–H and O–H groups in total. The molecular formula is C21H27N3O3S. The van der Waals surface area contributed by atoms with Crippen molar-refractivity contribution in [2.24, 2.45) is 5.92 Å². The van der Waals surface area contributed by atoms with Crippen molar-refractivity contribution in [2.45, 2.75) is 24.2 Å². The number of amides is 1. The van der Waals surface area contributed by atoms with Gasteiger partial charge in [-0.25, -0.2) is 8.42 Å². The van der Waals surface area contributed by atoms with Gasteiger partial charge in [0.05, 0.1) is 4.90 Å². The van der Waals surface area contributed by atoms with Crippen molar-refractivity contribution < 1.29 is 13.2 Å². The molecule has 2 aromatic carbocycles. The van der Waals surface area contributed by atoms with Crippen LogP contribution in [0, 0.1) is 5.92 Å². The number of hydrogen-bond acceptors (Lipinski definition) is 4. The molecule has 0 atom stereocenters. The second-order valence-corrected chi connectivity index (χ2v) is 8.97. The van der Waals surface area contributed by atoms with E-state index in [4.69, 9.17) is 0 Å². The van der Waals surface area contributed by atoms with Crippen LogP contribution in [-0.2, 0) is 10.0 Å². The number of sulfonamides is 1. The van der Waals surface area contributed by atoms with Gasteiger partial charge < -0.3 is 10.2 Å². The van der Waals surface area contributed by atoms with Gasteiger partial charge in [0.15, 0.2) is 0 Å². The summed E-state index contributed by atoms with van der Waals surface area (Å²) in [5, 5.41) is 2.95. The minimum atomic E-state index is -3.68. The Kier molecular flexibility index (Phi) is 6.70. The van der Waals surface area contributed by atoms with Gasteiger partial charge in [0.25, 0.3) is 15.9 Å². The Balaban J connectivity index is 1.56. The maximum Gasteiger partial charge on any atom is 0.261 e. The number of nitrogens with one attached hydrogen (secondary N) is 2. The Labute approximate surface area is 167 Å². The largest absolute Gasteiger partial charge is 0.352 e. The molecule has 3 rings (SSSR count). The number of carbonyl (C=O) groups excluding carboxylic acids is 1. The van der Waals surface area contributed by atoms with E-state index in [0.717, 1.165) is 19.5 Å². The molecule has 0 saturated carbocycles. The lowest BCUT2D eigenvalue weighted by Gasteiger charge is -2.28. The minimum absolute atomic E-state index is 0.183. The molecule has 0 radical (unpaired) electrons. The van der Waals surface area contributed by atoms with Crippen LogP contribution in [0.4, 0.5) is 5.69 Å². The number of nitrogens with zero attached hydrogens (tertiary/aromatic N) is 1. The van der Waals surface area contributed by atoms with Crippen molar-refractivity contribution in [2.75, 3.05) is 31.4 Å². The van der Waals surface area contributed by atoms with E-state index in [9.17, 15) is 13.2 Å². The quantitative estimate of drug-likeness (QED) is 0.748. The summed E-state index contributed by atoms with van der Waals surface area (Å²) in [5.41, 5.74) is 0.809. The number of carbonyl (C=O) groups is 1. The van der Waals surface area contributed by atoms with Crippen LogP contribution in [-0.4, -0.2) is 45.9 Å². The molecule has 2 aromatic rings. The van der Waals surface area contributed by atoms with Gasteiger partial charge in [-0.1, -0.05) is 24.3 Å². The molecule has 1 saturated heterocycles. The summed E-state index contributed by atoms with van der Waals surface area (Å²) in [7, 11) is -1.54. The van der Waals surface area contributed by atoms with Crippen LogP contribution in [0.3, 0.4) is 0 Å². The highest BCUT2D eigenvalue weighted by Crippen LogP contribution is 2.19. The molecule has 7 heteroatoms. The minimum Gasteiger partial charge on any atom is -0.352 e. The van der Waals surface area contributed by atoms with Crippen molar-refractivity contribution in [3.05, 3.63) is 60.2 Å². The Bertz CT molecular complexity index is 892. The second kappa shape index (κ2) is 9.21. The molecule has 1 aliphatic rings. The summed E-state index contributed by atoms with van der Waals surface area (Å²) in [6, 6.07) is 14.7. The maximum absolute atomic E-state index is 12.4. The fraction of sp³-hybridized carbons (Fsp3) is 0.381. The molecule has 0 aromatic heterocycles. The van der Waals surface area contributed by atoms with E-state index >= 15 is 0 Å². The Morgan fingerprint density at radius 1 is 1.07 bits per heavy atom. The number of rotatable bonds is 7. The molecular weight excluding hydrogens is 374 g/mol. The van der Waals surface area contributed by atoms with Crippen LogP contribution in [0.15, 0.2) is 59.5 Å². The SMILES string of the molecule is CN1CCC(CCNC(=O)c2cccc(NS(=O)(=O)c3ccccc3)c2)CC1. The van der Waals surface area contributed by atoms with Crippen LogP contribution in [0.5, 0.6) is 0 Å². The number of hydrogen-bond donors (Lipinski definition) is 2. The molecule has 1 heterocycles. The molecule has 28 heavy (non-hydrogen) atoms. The first-order valence-electron chi connectivity index (χ1n) is 9.59. The summed E-state index contributed by atoms with van der Waals surface area (Å²) in [6.07, 6.45) is 3.31. The van der Waals surface area contributed by atoms with Crippen molar-refractivity contribution in [1.29, 1.82) is 0 Å². The van der Waals surface area contributed by atoms with Crippen molar-refractivity contribution >= 4 is 21.6 Å². The van der Waals surface area contributed by atoms with E-state index in [1.165, 1.54) is 25.0 Å². The predicted molar refractivity (Wildman–Crippen MR) is 111 cm³/mol. The summed E-state index contributed by atoms with van der Waals surface area (Å²) in [5.74, 6) is 0.467. The Morgan fingerprint density at radius 2 is 1.79 bits per heavy atom. The van der Waals surface area contributed by atoms with Crippen LogP contribution < -0.4 is 10.0 Å². The molecule has 6 nitrogen and oxygen atoms in total. The van der Waals surface area contributed by atoms with Crippen LogP contribution in [0.25, 0.3) is 0 Å². The fourth-order valence-electron chi connectivity index (χ4n) is 3.38. The predicted octanol–water partition coefficient (Wildman–Crippen LogP) is 2.95. The van der Waals surface area contributed by atoms with E-state index in [2.05, 4.69) is 22.0 Å². The molecule has 1 fully saturated rings. The monoisotopic (exact) mass is 401 g/mol. The number of benzene rings is 2. The molecule has 1 aliphatic heterocycles. The molecule has 0 bridgehead atoms. The third-order valence-electron chi connectivity index (χ3n) is 5.11. The average molecular weight is 402 g/mol. The maximum atomic E-state index is 12.4. The molecule has 150 valence electrons. The lowest BCUT2D eigenvalue weighted by Crippen LogP contribution is -2.32. The van der Waals surface area contributed by atoms with Gasteiger partial charge in [0, 0.05) is 17.8 Å². The van der Waals surface area contributed by atoms with Gasteiger partial charge in [0.2, 0.25) is 0 Å². The zero-order valence-corrected chi connectivity index (χ0v) is 16.9. The summed E-state index contributed by atoms with van der Waals surface area (Å²) >= 11 is 0. The lowest BCUT2D eigenvalue weighted by molar-refractivity contribution is 0.0949. The van der Waals surface area contributed by atoms with Gasteiger partial charge in [0.1, 0.15) is 0 Å². The fourth-order valence-corrected chi connectivity index (χ4v) is 4.45. The lowest BCUT2D eigenvalue weighted by atomic mass is 9.94. The Hall–Kier alpha value is -2.38. The van der Waals surface area contributed by atoms with E-state index < -0.39 is 10.0 Å². The first kappa shape index (κ1) is 20.4. The van der Waals surface area contributed by atoms with E-state index in [0.29, 0.717) is 23.7 Å². The molecule has 0 aliphatic carbocycles. The van der Waals surface area contributed by atoms with Crippen LogP contribution >= 0.6 is 0 Å². The van der Waals surface area contributed by atoms with Crippen molar-refractivity contribution in [3.8, 4) is 0 Å². The highest BCUT2D eigenvalue weighted by atomic mass is 32.2. The van der Waals surface area contributed by atoms with E-state index in [1.807, 2.05) is 0 Å². The van der Waals surface area contributed by atoms with Gasteiger partial charge in [-0.3, -0.25) is 9.52 Å². The summed E-state index contributed by atoms with van der Waals surface area (Å²) in [4.78, 5) is 14.9. The highest BCUT2D eigenvalue weighted by molar-refractivity contribution is 7.92. The van der Waals surface area contributed by atoms with Crippen LogP contribution in [0.1, 0.15) is 29.6 Å². The first-order valence-corrected chi connectivity index (χ1v) is 11.1. The topological polar surface area (TPSA) is 78.5 Å². The smallest absolute Gasteiger partial charge is 0.261 e.